The number of rotatable bonds is 2. The lowest BCUT2D eigenvalue weighted by Gasteiger charge is -2.22. The number of nitrogens with zero attached hydrogens (tertiary/aromatic N) is 1. The molecular formula is C7H8FNO3S. The summed E-state index contributed by atoms with van der Waals surface area (Å²) < 4.78 is 37.5. The van der Waals surface area contributed by atoms with Crippen molar-refractivity contribution in [3.63, 3.8) is 0 Å². The first-order chi connectivity index (χ1) is 6.07. The first kappa shape index (κ1) is 8.68. The number of aromatic nitrogens is 1. The van der Waals surface area contributed by atoms with Gasteiger partial charge in [0.15, 0.2) is 0 Å². The van der Waals surface area contributed by atoms with Crippen molar-refractivity contribution in [2.75, 3.05) is 0 Å². The van der Waals surface area contributed by atoms with Crippen molar-refractivity contribution < 1.29 is 16.8 Å². The van der Waals surface area contributed by atoms with Crippen LogP contribution in [0.1, 0.15) is 30.9 Å². The van der Waals surface area contributed by atoms with Crippen LogP contribution in [-0.4, -0.2) is 13.6 Å². The molecule has 1 heterocycles. The molecule has 0 aromatic carbocycles. The van der Waals surface area contributed by atoms with E-state index in [1.165, 1.54) is 6.07 Å². The largest absolute Gasteiger partial charge is 0.368 e. The molecule has 0 spiro atoms. The second-order valence-corrected chi connectivity index (χ2v) is 4.41. The molecule has 4 nitrogen and oxygen atoms in total. The molecule has 0 amide bonds. The van der Waals surface area contributed by atoms with Gasteiger partial charge in [-0.15, -0.1) is 0 Å². The Morgan fingerprint density at radius 1 is 1.54 bits per heavy atom. The number of hydrogen-bond acceptors (Lipinski definition) is 4. The lowest BCUT2D eigenvalue weighted by Crippen LogP contribution is -2.08. The summed E-state index contributed by atoms with van der Waals surface area (Å²) >= 11 is 0. The molecule has 0 saturated heterocycles. The average molecular weight is 205 g/mol. The van der Waals surface area contributed by atoms with Crippen molar-refractivity contribution in [2.24, 2.45) is 0 Å². The van der Waals surface area contributed by atoms with Crippen LogP contribution in [0.3, 0.4) is 0 Å². The average Bonchev–Trinajstić information content (AvgIpc) is 2.29. The maximum atomic E-state index is 12.4. The minimum atomic E-state index is -4.73. The van der Waals surface area contributed by atoms with Gasteiger partial charge < -0.3 is 4.52 Å². The minimum absolute atomic E-state index is 0.249. The molecule has 6 heteroatoms. The Morgan fingerprint density at radius 2 is 2.23 bits per heavy atom. The van der Waals surface area contributed by atoms with Crippen LogP contribution < -0.4 is 0 Å². The van der Waals surface area contributed by atoms with E-state index < -0.39 is 15.3 Å². The fourth-order valence-electron chi connectivity index (χ4n) is 1.28. The van der Waals surface area contributed by atoms with Crippen molar-refractivity contribution in [2.45, 2.75) is 30.3 Å². The fraction of sp³-hybridized carbons (Fsp3) is 0.571. The molecule has 0 atom stereocenters. The molecule has 0 N–H and O–H groups in total. The van der Waals surface area contributed by atoms with E-state index in [9.17, 15) is 12.3 Å². The fourth-order valence-corrected chi connectivity index (χ4v) is 1.67. The van der Waals surface area contributed by atoms with E-state index in [0.717, 1.165) is 19.3 Å². The Bertz CT molecular complexity index is 407. The Morgan fingerprint density at radius 3 is 2.62 bits per heavy atom. The molecular weight excluding hydrogens is 197 g/mol. The zero-order valence-corrected chi connectivity index (χ0v) is 7.55. The van der Waals surface area contributed by atoms with Gasteiger partial charge in [0.05, 0.1) is 5.69 Å². The molecule has 13 heavy (non-hydrogen) atoms. The summed E-state index contributed by atoms with van der Waals surface area (Å²) in [5, 5.41) is 2.82. The highest BCUT2D eigenvalue weighted by Gasteiger charge is 2.26. The maximum absolute atomic E-state index is 12.4. The highest BCUT2D eigenvalue weighted by atomic mass is 32.3. The third-order valence-corrected chi connectivity index (χ3v) is 2.94. The van der Waals surface area contributed by atoms with Gasteiger partial charge in [-0.1, -0.05) is 15.5 Å². The van der Waals surface area contributed by atoms with Crippen LogP contribution in [0, 0.1) is 0 Å². The van der Waals surface area contributed by atoms with Crippen LogP contribution in [0.5, 0.6) is 0 Å². The highest BCUT2D eigenvalue weighted by Crippen LogP contribution is 2.36. The van der Waals surface area contributed by atoms with E-state index >= 15 is 0 Å². The predicted octanol–water partition coefficient (Wildman–Crippen LogP) is 1.60. The Labute approximate surface area is 74.9 Å². The van der Waals surface area contributed by atoms with Crippen molar-refractivity contribution in [3.05, 3.63) is 11.8 Å². The molecule has 1 fully saturated rings. The molecule has 72 valence electrons. The third-order valence-electron chi connectivity index (χ3n) is 2.27. The first-order valence-electron chi connectivity index (χ1n) is 3.98. The highest BCUT2D eigenvalue weighted by molar-refractivity contribution is 7.86. The van der Waals surface area contributed by atoms with E-state index in [-0.39, 0.29) is 5.92 Å². The van der Waals surface area contributed by atoms with E-state index in [1.54, 1.807) is 0 Å². The lowest BCUT2D eigenvalue weighted by molar-refractivity contribution is 0.314. The Hall–Kier alpha value is -0.910. The zero-order chi connectivity index (χ0) is 9.47. The quantitative estimate of drug-likeness (QED) is 0.688. The molecule has 2 rings (SSSR count). The SMILES string of the molecule is O=S(=O)(F)c1cc(C2CCC2)no1. The van der Waals surface area contributed by atoms with E-state index in [0.29, 0.717) is 5.69 Å². The van der Waals surface area contributed by atoms with Gasteiger partial charge in [0.2, 0.25) is 0 Å². The number of halogens is 1. The summed E-state index contributed by atoms with van der Waals surface area (Å²) in [5.74, 6) is 0.249. The molecule has 1 aromatic rings. The van der Waals surface area contributed by atoms with Gasteiger partial charge in [-0.3, -0.25) is 0 Å². The molecule has 1 aromatic heterocycles. The summed E-state index contributed by atoms with van der Waals surface area (Å²) in [6, 6.07) is 1.17. The summed E-state index contributed by atoms with van der Waals surface area (Å²) in [5.41, 5.74) is 0.544. The van der Waals surface area contributed by atoms with Crippen molar-refractivity contribution in [1.82, 2.24) is 5.16 Å². The second-order valence-electron chi connectivity index (χ2n) is 3.14. The predicted molar refractivity (Wildman–Crippen MR) is 41.4 cm³/mol. The topological polar surface area (TPSA) is 60.2 Å². The van der Waals surface area contributed by atoms with Crippen molar-refractivity contribution in [3.8, 4) is 0 Å². The third kappa shape index (κ3) is 1.58. The molecule has 0 unspecified atom stereocenters. The monoisotopic (exact) mass is 205 g/mol. The molecule has 1 aliphatic carbocycles. The maximum Gasteiger partial charge on any atom is 0.368 e. The molecule has 0 radical (unpaired) electrons. The van der Waals surface area contributed by atoms with Gasteiger partial charge in [-0.05, 0) is 12.8 Å². The van der Waals surface area contributed by atoms with Gasteiger partial charge in [0, 0.05) is 12.0 Å². The second kappa shape index (κ2) is 2.80. The van der Waals surface area contributed by atoms with Crippen LogP contribution in [0.2, 0.25) is 0 Å². The van der Waals surface area contributed by atoms with E-state index in [1.807, 2.05) is 0 Å². The van der Waals surface area contributed by atoms with Crippen molar-refractivity contribution >= 4 is 10.2 Å². The van der Waals surface area contributed by atoms with Crippen LogP contribution in [0.4, 0.5) is 3.89 Å². The Balaban J connectivity index is 2.27. The zero-order valence-electron chi connectivity index (χ0n) is 6.73. The molecule has 0 bridgehead atoms. The van der Waals surface area contributed by atoms with Crippen LogP contribution in [0.15, 0.2) is 15.7 Å². The van der Waals surface area contributed by atoms with E-state index in [4.69, 9.17) is 0 Å². The Kier molecular flexibility index (Phi) is 1.87. The van der Waals surface area contributed by atoms with Crippen LogP contribution in [0.25, 0.3) is 0 Å². The van der Waals surface area contributed by atoms with Gasteiger partial charge in [0.1, 0.15) is 0 Å². The smallest absolute Gasteiger partial charge is 0.341 e. The van der Waals surface area contributed by atoms with Crippen LogP contribution in [-0.2, 0) is 10.2 Å². The van der Waals surface area contributed by atoms with Gasteiger partial charge in [0.25, 0.3) is 5.09 Å². The molecule has 1 saturated carbocycles. The van der Waals surface area contributed by atoms with E-state index in [2.05, 4.69) is 9.68 Å². The van der Waals surface area contributed by atoms with Crippen LogP contribution >= 0.6 is 0 Å². The van der Waals surface area contributed by atoms with Gasteiger partial charge in [-0.25, -0.2) is 0 Å². The van der Waals surface area contributed by atoms with Gasteiger partial charge >= 0.3 is 10.2 Å². The summed E-state index contributed by atoms with van der Waals surface area (Å²) in [4.78, 5) is 0. The summed E-state index contributed by atoms with van der Waals surface area (Å²) in [6.07, 6.45) is 3.05. The molecule has 1 aliphatic rings. The standard InChI is InChI=1S/C7H8FNO3S/c8-13(10,11)7-4-6(9-12-7)5-2-1-3-5/h4-5H,1-3H2. The van der Waals surface area contributed by atoms with Crippen molar-refractivity contribution in [1.29, 1.82) is 0 Å². The minimum Gasteiger partial charge on any atom is -0.341 e. The lowest BCUT2D eigenvalue weighted by atomic mass is 9.83. The molecule has 0 aliphatic heterocycles. The first-order valence-corrected chi connectivity index (χ1v) is 5.37. The normalized spacial score (nSPS) is 18.5. The summed E-state index contributed by atoms with van der Waals surface area (Å²) in [7, 11) is -4.73. The van der Waals surface area contributed by atoms with Gasteiger partial charge in [-0.2, -0.15) is 8.42 Å². The summed E-state index contributed by atoms with van der Waals surface area (Å²) in [6.45, 7) is 0. The number of hydrogen-bond donors (Lipinski definition) is 0.